The van der Waals surface area contributed by atoms with E-state index in [9.17, 15) is 19.5 Å². The molecule has 6 nitrogen and oxygen atoms in total. The van der Waals surface area contributed by atoms with E-state index in [-0.39, 0.29) is 17.0 Å². The summed E-state index contributed by atoms with van der Waals surface area (Å²) in [6, 6.07) is 33.6. The van der Waals surface area contributed by atoms with Gasteiger partial charge in [0, 0.05) is 32.2 Å². The smallest absolute Gasteiger partial charge is 0.336 e. The summed E-state index contributed by atoms with van der Waals surface area (Å²) in [7, 11) is 0. The second-order valence-corrected chi connectivity index (χ2v) is 10.5. The molecule has 40 heavy (non-hydrogen) atoms. The molecule has 0 heterocycles. The van der Waals surface area contributed by atoms with E-state index in [0.717, 1.165) is 10.5 Å². The van der Waals surface area contributed by atoms with Crippen LogP contribution >= 0.6 is 23.4 Å². The summed E-state index contributed by atoms with van der Waals surface area (Å²) >= 11 is 7.44. The van der Waals surface area contributed by atoms with Gasteiger partial charge in [-0.1, -0.05) is 78.3 Å². The SMILES string of the molecule is O=C(O)c1cccc2cccc(C(=O)Nc3cccc(SC(C(=O)Nc4cccc(Cl)c4)c4ccccc4)c3)c12. The van der Waals surface area contributed by atoms with Gasteiger partial charge < -0.3 is 15.7 Å². The number of nitrogens with one attached hydrogen (secondary N) is 2. The Morgan fingerprint density at radius 3 is 2.05 bits per heavy atom. The Bertz CT molecular complexity index is 1720. The fourth-order valence-corrected chi connectivity index (χ4v) is 5.64. The van der Waals surface area contributed by atoms with E-state index in [2.05, 4.69) is 10.6 Å². The number of thioether (sulfide) groups is 1. The third-order valence-electron chi connectivity index (χ3n) is 6.16. The van der Waals surface area contributed by atoms with E-state index in [1.807, 2.05) is 36.4 Å². The molecule has 0 fully saturated rings. The van der Waals surface area contributed by atoms with Crippen molar-refractivity contribution in [3.8, 4) is 0 Å². The van der Waals surface area contributed by atoms with Crippen LogP contribution in [-0.4, -0.2) is 22.9 Å². The lowest BCUT2D eigenvalue weighted by atomic mass is 9.98. The van der Waals surface area contributed by atoms with Crippen molar-refractivity contribution in [2.75, 3.05) is 10.6 Å². The highest BCUT2D eigenvalue weighted by molar-refractivity contribution is 8.00. The normalized spacial score (nSPS) is 11.5. The van der Waals surface area contributed by atoms with Crippen molar-refractivity contribution in [3.63, 3.8) is 0 Å². The fraction of sp³-hybridized carbons (Fsp3) is 0.0312. The minimum absolute atomic E-state index is 0.0592. The van der Waals surface area contributed by atoms with Gasteiger partial charge in [-0.25, -0.2) is 4.79 Å². The summed E-state index contributed by atoms with van der Waals surface area (Å²) in [5.74, 6) is -1.75. The highest BCUT2D eigenvalue weighted by Gasteiger charge is 2.23. The Hall–Kier alpha value is -4.59. The first kappa shape index (κ1) is 27.0. The molecule has 198 valence electrons. The van der Waals surface area contributed by atoms with Crippen molar-refractivity contribution in [1.82, 2.24) is 0 Å². The quantitative estimate of drug-likeness (QED) is 0.166. The molecule has 0 spiro atoms. The zero-order chi connectivity index (χ0) is 28.1. The molecule has 8 heteroatoms. The van der Waals surface area contributed by atoms with Crippen LogP contribution in [0.25, 0.3) is 10.8 Å². The zero-order valence-corrected chi connectivity index (χ0v) is 22.6. The second-order valence-electron chi connectivity index (χ2n) is 8.90. The minimum Gasteiger partial charge on any atom is -0.478 e. The maximum absolute atomic E-state index is 13.4. The highest BCUT2D eigenvalue weighted by Crippen LogP contribution is 2.37. The number of amides is 2. The third kappa shape index (κ3) is 6.17. The number of aromatic carboxylic acids is 1. The number of carbonyl (C=O) groups is 3. The van der Waals surface area contributed by atoms with Crippen molar-refractivity contribution in [2.45, 2.75) is 10.1 Å². The van der Waals surface area contributed by atoms with Gasteiger partial charge >= 0.3 is 5.97 Å². The lowest BCUT2D eigenvalue weighted by Gasteiger charge is -2.18. The van der Waals surface area contributed by atoms with Crippen LogP contribution in [0.3, 0.4) is 0 Å². The molecule has 3 N–H and O–H groups in total. The minimum atomic E-state index is -1.10. The van der Waals surface area contributed by atoms with Crippen molar-refractivity contribution < 1.29 is 19.5 Å². The van der Waals surface area contributed by atoms with Gasteiger partial charge in [0.05, 0.1) is 5.56 Å². The highest BCUT2D eigenvalue weighted by atomic mass is 35.5. The molecule has 0 aromatic heterocycles. The topological polar surface area (TPSA) is 95.5 Å². The van der Waals surface area contributed by atoms with Crippen LogP contribution in [0, 0.1) is 0 Å². The monoisotopic (exact) mass is 566 g/mol. The molecule has 5 aromatic rings. The summed E-state index contributed by atoms with van der Waals surface area (Å²) in [5, 5.41) is 16.5. The lowest BCUT2D eigenvalue weighted by molar-refractivity contribution is -0.115. The maximum atomic E-state index is 13.4. The molecule has 5 aromatic carbocycles. The summed E-state index contributed by atoms with van der Waals surface area (Å²) < 4.78 is 0. The predicted octanol–water partition coefficient (Wildman–Crippen LogP) is 7.92. The van der Waals surface area contributed by atoms with Crippen LogP contribution in [0.2, 0.25) is 5.02 Å². The van der Waals surface area contributed by atoms with E-state index in [4.69, 9.17) is 11.6 Å². The number of carboxylic acid groups (broad SMARTS) is 1. The average Bonchev–Trinajstić information content (AvgIpc) is 2.95. The molecular weight excluding hydrogens is 544 g/mol. The number of carbonyl (C=O) groups excluding carboxylic acids is 2. The number of hydrogen-bond donors (Lipinski definition) is 3. The summed E-state index contributed by atoms with van der Waals surface area (Å²) in [4.78, 5) is 39.3. The van der Waals surface area contributed by atoms with Gasteiger partial charge in [-0.05, 0) is 59.5 Å². The standard InChI is InChI=1S/C32H23ClN2O4S/c33-22-12-6-13-23(18-22)35-31(37)29(21-8-2-1-3-9-21)40-25-15-7-14-24(19-25)34-30(36)26-16-4-10-20-11-5-17-27(28(20)26)32(38)39/h1-19,29H,(H,34,36)(H,35,37)(H,38,39). The van der Waals surface area contributed by atoms with Gasteiger partial charge in [-0.3, -0.25) is 9.59 Å². The van der Waals surface area contributed by atoms with Crippen LogP contribution in [-0.2, 0) is 4.79 Å². The van der Waals surface area contributed by atoms with Crippen LogP contribution in [0.5, 0.6) is 0 Å². The Morgan fingerprint density at radius 1 is 0.700 bits per heavy atom. The Kier molecular flexibility index (Phi) is 8.15. The van der Waals surface area contributed by atoms with Crippen molar-refractivity contribution in [3.05, 3.63) is 137 Å². The Balaban J connectivity index is 1.40. The number of carboxylic acids is 1. The maximum Gasteiger partial charge on any atom is 0.336 e. The largest absolute Gasteiger partial charge is 0.478 e. The van der Waals surface area contributed by atoms with Gasteiger partial charge in [0.2, 0.25) is 5.91 Å². The van der Waals surface area contributed by atoms with Crippen molar-refractivity contribution in [2.24, 2.45) is 0 Å². The van der Waals surface area contributed by atoms with Crippen LogP contribution in [0.15, 0.2) is 120 Å². The van der Waals surface area contributed by atoms with Crippen molar-refractivity contribution in [1.29, 1.82) is 0 Å². The average molecular weight is 567 g/mol. The number of fused-ring (bicyclic) bond motifs is 1. The van der Waals surface area contributed by atoms with E-state index in [1.54, 1.807) is 72.8 Å². The van der Waals surface area contributed by atoms with E-state index >= 15 is 0 Å². The van der Waals surface area contributed by atoms with Gasteiger partial charge in [0.25, 0.3) is 5.91 Å². The van der Waals surface area contributed by atoms with Crippen LogP contribution in [0.4, 0.5) is 11.4 Å². The molecule has 0 aliphatic heterocycles. The first-order chi connectivity index (χ1) is 19.4. The first-order valence-corrected chi connectivity index (χ1v) is 13.6. The second kappa shape index (κ2) is 12.1. The number of benzene rings is 5. The molecule has 0 aliphatic rings. The lowest BCUT2D eigenvalue weighted by Crippen LogP contribution is -2.19. The molecule has 0 saturated carbocycles. The summed E-state index contributed by atoms with van der Waals surface area (Å²) in [5.41, 5.74) is 2.25. The zero-order valence-electron chi connectivity index (χ0n) is 21.0. The molecule has 2 amide bonds. The van der Waals surface area contributed by atoms with Gasteiger partial charge in [-0.15, -0.1) is 11.8 Å². The molecule has 1 atom stereocenters. The third-order valence-corrected chi connectivity index (χ3v) is 7.64. The number of halogens is 1. The van der Waals surface area contributed by atoms with Gasteiger partial charge in [0.15, 0.2) is 0 Å². The molecule has 0 saturated heterocycles. The molecule has 5 rings (SSSR count). The molecular formula is C32H23ClN2O4S. The van der Waals surface area contributed by atoms with Gasteiger partial charge in [-0.2, -0.15) is 0 Å². The van der Waals surface area contributed by atoms with E-state index < -0.39 is 17.1 Å². The summed E-state index contributed by atoms with van der Waals surface area (Å²) in [6.45, 7) is 0. The fourth-order valence-electron chi connectivity index (χ4n) is 4.36. The Morgan fingerprint density at radius 2 is 1.35 bits per heavy atom. The van der Waals surface area contributed by atoms with E-state index in [1.165, 1.54) is 17.8 Å². The first-order valence-electron chi connectivity index (χ1n) is 12.3. The number of rotatable bonds is 8. The Labute approximate surface area is 240 Å². The van der Waals surface area contributed by atoms with Crippen molar-refractivity contribution >= 4 is 63.3 Å². The molecule has 0 radical (unpaired) electrons. The van der Waals surface area contributed by atoms with Crippen LogP contribution in [0.1, 0.15) is 31.5 Å². The van der Waals surface area contributed by atoms with Crippen LogP contribution < -0.4 is 10.6 Å². The predicted molar refractivity (Wildman–Crippen MR) is 160 cm³/mol. The summed E-state index contributed by atoms with van der Waals surface area (Å²) in [6.07, 6.45) is 0. The van der Waals surface area contributed by atoms with Gasteiger partial charge in [0.1, 0.15) is 5.25 Å². The molecule has 0 aliphatic carbocycles. The molecule has 1 unspecified atom stereocenters. The van der Waals surface area contributed by atoms with E-state index in [0.29, 0.717) is 27.2 Å². The number of anilines is 2. The molecule has 0 bridgehead atoms. The number of hydrogen-bond acceptors (Lipinski definition) is 4.